The van der Waals surface area contributed by atoms with Crippen molar-refractivity contribution in [3.05, 3.63) is 22.3 Å². The maximum atomic E-state index is 13.8. The van der Waals surface area contributed by atoms with E-state index in [-0.39, 0.29) is 17.3 Å². The highest BCUT2D eigenvalue weighted by Gasteiger charge is 2.76. The molecule has 5 aliphatic rings. The highest BCUT2D eigenvalue weighted by molar-refractivity contribution is 6.82. The summed E-state index contributed by atoms with van der Waals surface area (Å²) in [4.78, 5) is 0. The van der Waals surface area contributed by atoms with Gasteiger partial charge in [-0.25, -0.2) is 0 Å². The van der Waals surface area contributed by atoms with E-state index in [4.69, 9.17) is 0 Å². The maximum absolute atomic E-state index is 13.8. The Hall–Kier alpha value is -7.58. The second-order valence-electron chi connectivity index (χ2n) is 27.8. The van der Waals surface area contributed by atoms with Crippen molar-refractivity contribution < 1.29 is 5.11 Å². The molecule has 1 nitrogen and oxygen atoms in total. The lowest BCUT2D eigenvalue weighted by Gasteiger charge is -2.66. The number of benzene rings is 18. The molecule has 1 heteroatoms. The van der Waals surface area contributed by atoms with Gasteiger partial charge in [0.1, 0.15) is 0 Å². The van der Waals surface area contributed by atoms with Crippen LogP contribution in [0.5, 0.6) is 0 Å². The first-order chi connectivity index (χ1) is 35.0. The topological polar surface area (TPSA) is 20.2 Å². The van der Waals surface area contributed by atoms with Crippen LogP contribution in [0.3, 0.4) is 0 Å². The number of aliphatic hydroxyl groups is 1. The zero-order chi connectivity index (χ0) is 43.1. The molecule has 5 aliphatic carbocycles. The van der Waals surface area contributed by atoms with Crippen LogP contribution in [0.2, 0.25) is 0 Å². The number of rotatable bonds is 2. The molecule has 0 heterocycles. The molecule has 28 aromatic carbocycles. The second kappa shape index (κ2) is 6.23. The fourth-order valence-electron chi connectivity index (χ4n) is 27.2. The first-order valence-electron chi connectivity index (χ1n) is 27.5. The van der Waals surface area contributed by atoms with E-state index in [1.165, 1.54) is 0 Å². The molecule has 0 saturated heterocycles. The molecule has 3 unspecified atom stereocenters. The summed E-state index contributed by atoms with van der Waals surface area (Å²) in [6, 6.07) is 0. The molecule has 1 saturated carbocycles. The molecule has 0 radical (unpaired) electrons. The predicted octanol–water partition coefficient (Wildman–Crippen LogP) is 18.6. The van der Waals surface area contributed by atoms with Gasteiger partial charge in [0, 0.05) is 16.7 Å². The van der Waals surface area contributed by atoms with Gasteiger partial charge >= 0.3 is 0 Å². The van der Waals surface area contributed by atoms with Crippen LogP contribution in [0.4, 0.5) is 0 Å². The van der Waals surface area contributed by atoms with Gasteiger partial charge in [-0.15, -0.1) is 0 Å². The van der Waals surface area contributed by atoms with Crippen molar-refractivity contribution >= 4 is 291 Å². The lowest BCUT2D eigenvalue weighted by atomic mass is 9.35. The molecular formula is C70H20O. The molecule has 0 aliphatic heterocycles. The van der Waals surface area contributed by atoms with Crippen LogP contribution in [0.25, 0.3) is 291 Å². The summed E-state index contributed by atoms with van der Waals surface area (Å²) in [5.41, 5.74) is 6.26. The van der Waals surface area contributed by atoms with Crippen molar-refractivity contribution in [3.63, 3.8) is 0 Å². The Labute approximate surface area is 390 Å². The van der Waals surface area contributed by atoms with Gasteiger partial charge in [0.2, 0.25) is 0 Å². The quantitative estimate of drug-likeness (QED) is 0.172. The minimum absolute atomic E-state index is 0.0771. The Morgan fingerprint density at radius 1 is 0.239 bits per heavy atom. The number of hydrogen-bond acceptors (Lipinski definition) is 1. The molecule has 1 N–H and O–H groups in total. The highest BCUT2D eigenvalue weighted by Crippen LogP contribution is 2.87. The summed E-state index contributed by atoms with van der Waals surface area (Å²) < 4.78 is 0. The van der Waals surface area contributed by atoms with Crippen LogP contribution in [-0.2, 0) is 10.8 Å². The second-order valence-corrected chi connectivity index (χ2v) is 27.8. The normalized spacial score (nSPS) is 26.0. The van der Waals surface area contributed by atoms with Crippen LogP contribution < -0.4 is 0 Å². The smallest absolute Gasteiger partial charge is 0.0586 e. The van der Waals surface area contributed by atoms with Crippen LogP contribution >= 0.6 is 0 Å². The average molecular weight is 877 g/mol. The summed E-state index contributed by atoms with van der Waals surface area (Å²) >= 11 is 0. The number of aliphatic hydroxyl groups excluding tert-OH is 1. The molecule has 71 heavy (non-hydrogen) atoms. The SMILES string of the molecule is CC(C)C1CC(O)C(C(C)C)C23c4c5c6c7c8c9c(c%10c%11c2c2c4c4c%12c5c5c6c6c8c8c%13c9c9c%10c%10c%11c%11c2c2c4c4c%12c%12c5c5c6c8c6c8c%13c9c9c%10c%10c%11c2c2c4c4c%12c5c6c5c8c9c%10c2c45)C713. The zero-order valence-corrected chi connectivity index (χ0v) is 38.0. The molecule has 33 rings (SSSR count). The third-order valence-electron chi connectivity index (χ3n) is 26.9. The van der Waals surface area contributed by atoms with Gasteiger partial charge in [-0.05, 0) is 337 Å². The van der Waals surface area contributed by atoms with Crippen LogP contribution in [-0.4, -0.2) is 11.2 Å². The molecule has 0 aromatic heterocycles. The van der Waals surface area contributed by atoms with E-state index in [1.807, 2.05) is 0 Å². The fraction of sp³-hybridized carbons (Fsp3) is 0.171. The standard InChI is InChI=1S/C70H20O/c1-6(2)8-5-9(71)64(7(3)4)70-67-60-54-44-36-26-18-14-11-10-12-16(18)24-32(26)46(54)52-42-34(24)28-20(12)21-13(10)17-19-15(11)23-22(14)30(36)40-41-31(23)37-27(19)33-25(17)35-29(21)39-38(28)48(42)56-57-49(39)43(35)53-47(33)55-45(37)51(41)63(62(67)50(40)44)68(70)61(55)59(53)66(57)69(8,70)65(56)58(52)60/h6-9,64,71H,5H2,1-4H3. The van der Waals surface area contributed by atoms with E-state index >= 15 is 0 Å². The number of hydrogen-bond donors (Lipinski definition) is 1. The predicted molar refractivity (Wildman–Crippen MR) is 301 cm³/mol. The Balaban J connectivity index is 1.21. The van der Waals surface area contributed by atoms with Crippen LogP contribution in [0.15, 0.2) is 0 Å². The van der Waals surface area contributed by atoms with Gasteiger partial charge in [0.25, 0.3) is 0 Å². The van der Waals surface area contributed by atoms with Gasteiger partial charge in [0.15, 0.2) is 0 Å². The minimum atomic E-state index is -0.404. The van der Waals surface area contributed by atoms with Crippen LogP contribution in [0.1, 0.15) is 56.4 Å². The molecule has 0 bridgehead atoms. The molecule has 3 atom stereocenters. The van der Waals surface area contributed by atoms with Gasteiger partial charge in [-0.2, -0.15) is 0 Å². The van der Waals surface area contributed by atoms with Gasteiger partial charge in [0.05, 0.1) is 6.10 Å². The molecule has 306 valence electrons. The summed E-state index contributed by atoms with van der Waals surface area (Å²) in [6.45, 7) is 10.3. The van der Waals surface area contributed by atoms with Crippen molar-refractivity contribution in [2.45, 2.75) is 51.0 Å². The van der Waals surface area contributed by atoms with E-state index in [0.29, 0.717) is 11.8 Å². The van der Waals surface area contributed by atoms with E-state index in [9.17, 15) is 5.11 Å². The van der Waals surface area contributed by atoms with Crippen molar-refractivity contribution in [3.8, 4) is 0 Å². The first-order valence-corrected chi connectivity index (χ1v) is 27.5. The van der Waals surface area contributed by atoms with E-state index in [1.54, 1.807) is 313 Å². The first kappa shape index (κ1) is 27.7. The Morgan fingerprint density at radius 3 is 0.549 bits per heavy atom. The summed E-state index contributed by atoms with van der Waals surface area (Å²) in [5.74, 6) is 1.04. The maximum Gasteiger partial charge on any atom is 0.0586 e. The Bertz CT molecular complexity index is 6990. The minimum Gasteiger partial charge on any atom is -0.393 e. The average Bonchev–Trinajstić information content (AvgIpc) is 4.23. The molecule has 28 aromatic rings. The van der Waals surface area contributed by atoms with Gasteiger partial charge in [-0.3, -0.25) is 0 Å². The lowest BCUT2D eigenvalue weighted by molar-refractivity contribution is -0.0686. The Kier molecular flexibility index (Phi) is 2.43. The molecule has 2 spiro atoms. The van der Waals surface area contributed by atoms with Crippen LogP contribution in [0, 0.1) is 23.7 Å². The van der Waals surface area contributed by atoms with E-state index in [0.717, 1.165) is 6.42 Å². The van der Waals surface area contributed by atoms with Gasteiger partial charge < -0.3 is 5.11 Å². The monoisotopic (exact) mass is 876 g/mol. The van der Waals surface area contributed by atoms with Crippen molar-refractivity contribution in [2.75, 3.05) is 0 Å². The van der Waals surface area contributed by atoms with Crippen molar-refractivity contribution in [1.82, 2.24) is 0 Å². The molecule has 1 fully saturated rings. The van der Waals surface area contributed by atoms with Gasteiger partial charge in [-0.1, -0.05) is 27.7 Å². The lowest BCUT2D eigenvalue weighted by Crippen LogP contribution is -2.67. The summed E-state index contributed by atoms with van der Waals surface area (Å²) in [6.07, 6.45) is 0.483. The third kappa shape index (κ3) is 1.47. The zero-order valence-electron chi connectivity index (χ0n) is 38.0. The van der Waals surface area contributed by atoms with E-state index < -0.39 is 11.5 Å². The summed E-state index contributed by atoms with van der Waals surface area (Å²) in [7, 11) is 0. The third-order valence-corrected chi connectivity index (χ3v) is 26.9. The Morgan fingerprint density at radius 2 is 0.394 bits per heavy atom. The fourth-order valence-corrected chi connectivity index (χ4v) is 27.2. The van der Waals surface area contributed by atoms with Crippen molar-refractivity contribution in [2.24, 2.45) is 23.7 Å². The largest absolute Gasteiger partial charge is 0.393 e. The highest BCUT2D eigenvalue weighted by atomic mass is 16.3. The molecular weight excluding hydrogens is 857 g/mol. The van der Waals surface area contributed by atoms with Crippen molar-refractivity contribution in [1.29, 1.82) is 0 Å². The molecule has 0 amide bonds. The summed E-state index contributed by atoms with van der Waals surface area (Å²) in [5, 5.41) is 103. The van der Waals surface area contributed by atoms with E-state index in [2.05, 4.69) is 27.7 Å².